The standard InChI is InChI=1S/C23H27Cl2NO/c1-26(2)16-20-8-5-7-19(14-17-10-12-21(24)13-11-17)23(20,27)15-18-6-3-4-9-22(18)25/h3-4,6,9-14,20,27H,5,7-8,15-16H2,1-2H3/b19-14-. The highest BCUT2D eigenvalue weighted by atomic mass is 35.5. The molecule has 2 atom stereocenters. The molecule has 2 aromatic rings. The third-order valence-electron chi connectivity index (χ3n) is 5.44. The highest BCUT2D eigenvalue weighted by Gasteiger charge is 2.43. The molecule has 0 aromatic heterocycles. The van der Waals surface area contributed by atoms with Crippen LogP contribution in [0.2, 0.25) is 10.0 Å². The van der Waals surface area contributed by atoms with Gasteiger partial charge in [-0.25, -0.2) is 0 Å². The van der Waals surface area contributed by atoms with Crippen LogP contribution in [-0.4, -0.2) is 36.2 Å². The van der Waals surface area contributed by atoms with Crippen molar-refractivity contribution in [2.24, 2.45) is 5.92 Å². The average molecular weight is 404 g/mol. The molecular weight excluding hydrogens is 377 g/mol. The predicted octanol–water partition coefficient (Wildman–Crippen LogP) is 5.71. The lowest BCUT2D eigenvalue weighted by Crippen LogP contribution is -2.48. The van der Waals surface area contributed by atoms with E-state index >= 15 is 0 Å². The summed E-state index contributed by atoms with van der Waals surface area (Å²) in [5, 5.41) is 13.4. The van der Waals surface area contributed by atoms with Gasteiger partial charge < -0.3 is 10.0 Å². The molecule has 2 nitrogen and oxygen atoms in total. The van der Waals surface area contributed by atoms with E-state index in [1.807, 2.05) is 48.5 Å². The van der Waals surface area contributed by atoms with Gasteiger partial charge in [-0.15, -0.1) is 0 Å². The maximum Gasteiger partial charge on any atom is 0.0940 e. The molecule has 27 heavy (non-hydrogen) atoms. The lowest BCUT2D eigenvalue weighted by Gasteiger charge is -2.44. The maximum absolute atomic E-state index is 12.0. The molecule has 0 heterocycles. The smallest absolute Gasteiger partial charge is 0.0940 e. The van der Waals surface area contributed by atoms with Gasteiger partial charge in [-0.1, -0.05) is 59.6 Å². The fourth-order valence-electron chi connectivity index (χ4n) is 4.09. The average Bonchev–Trinajstić information content (AvgIpc) is 2.62. The third-order valence-corrected chi connectivity index (χ3v) is 6.07. The van der Waals surface area contributed by atoms with Crippen molar-refractivity contribution in [3.63, 3.8) is 0 Å². The van der Waals surface area contributed by atoms with Gasteiger partial charge in [-0.3, -0.25) is 0 Å². The van der Waals surface area contributed by atoms with Crippen molar-refractivity contribution in [3.8, 4) is 0 Å². The van der Waals surface area contributed by atoms with Crippen molar-refractivity contribution in [1.29, 1.82) is 0 Å². The quantitative estimate of drug-likeness (QED) is 0.690. The summed E-state index contributed by atoms with van der Waals surface area (Å²) in [6.45, 7) is 0.846. The molecule has 1 fully saturated rings. The van der Waals surface area contributed by atoms with Gasteiger partial charge in [0.1, 0.15) is 0 Å². The minimum absolute atomic E-state index is 0.163. The van der Waals surface area contributed by atoms with Crippen LogP contribution in [0.15, 0.2) is 54.1 Å². The van der Waals surface area contributed by atoms with Crippen LogP contribution in [0.4, 0.5) is 0 Å². The molecule has 144 valence electrons. The molecule has 0 bridgehead atoms. The molecular formula is C23H27Cl2NO. The number of hydrogen-bond acceptors (Lipinski definition) is 2. The van der Waals surface area contributed by atoms with E-state index in [1.54, 1.807) is 0 Å². The summed E-state index contributed by atoms with van der Waals surface area (Å²) < 4.78 is 0. The third kappa shape index (κ3) is 4.94. The van der Waals surface area contributed by atoms with E-state index in [1.165, 1.54) is 0 Å². The Bertz CT molecular complexity index is 800. The van der Waals surface area contributed by atoms with Crippen molar-refractivity contribution < 1.29 is 5.11 Å². The molecule has 0 radical (unpaired) electrons. The van der Waals surface area contributed by atoms with Gasteiger partial charge in [0.25, 0.3) is 0 Å². The van der Waals surface area contributed by atoms with Crippen molar-refractivity contribution in [2.45, 2.75) is 31.3 Å². The SMILES string of the molecule is CN(C)CC1CCC/C(=C/c2ccc(Cl)cc2)C1(O)Cc1ccccc1Cl. The zero-order chi connectivity index (χ0) is 19.4. The summed E-state index contributed by atoms with van der Waals surface area (Å²) in [5.41, 5.74) is 2.24. The number of halogens is 2. The Kier molecular flexibility index (Phi) is 6.65. The second-order valence-electron chi connectivity index (χ2n) is 7.76. The first kappa shape index (κ1) is 20.4. The predicted molar refractivity (Wildman–Crippen MR) is 115 cm³/mol. The van der Waals surface area contributed by atoms with Crippen molar-refractivity contribution >= 4 is 29.3 Å². The lowest BCUT2D eigenvalue weighted by molar-refractivity contribution is -0.0123. The second kappa shape index (κ2) is 8.79. The molecule has 0 aliphatic heterocycles. The Morgan fingerprint density at radius 2 is 1.81 bits per heavy atom. The molecule has 1 saturated carbocycles. The Hall–Kier alpha value is -1.32. The van der Waals surface area contributed by atoms with Crippen LogP contribution in [-0.2, 0) is 6.42 Å². The molecule has 2 aromatic carbocycles. The summed E-state index contributed by atoms with van der Waals surface area (Å²) >= 11 is 12.5. The van der Waals surface area contributed by atoms with Gasteiger partial charge >= 0.3 is 0 Å². The van der Waals surface area contributed by atoms with Crippen LogP contribution in [0.25, 0.3) is 6.08 Å². The molecule has 0 saturated heterocycles. The largest absolute Gasteiger partial charge is 0.385 e. The van der Waals surface area contributed by atoms with Crippen LogP contribution in [0.5, 0.6) is 0 Å². The minimum atomic E-state index is -0.910. The summed E-state index contributed by atoms with van der Waals surface area (Å²) in [6, 6.07) is 15.6. The Morgan fingerprint density at radius 1 is 1.11 bits per heavy atom. The number of aliphatic hydroxyl groups is 1. The molecule has 1 aliphatic rings. The molecule has 3 rings (SSSR count). The monoisotopic (exact) mass is 403 g/mol. The van der Waals surface area contributed by atoms with E-state index < -0.39 is 5.60 Å². The molecule has 4 heteroatoms. The Labute approximate surface area is 172 Å². The zero-order valence-corrected chi connectivity index (χ0v) is 17.5. The van der Waals surface area contributed by atoms with Gasteiger partial charge in [-0.05, 0) is 68.3 Å². The van der Waals surface area contributed by atoms with Crippen LogP contribution >= 0.6 is 23.2 Å². The fourth-order valence-corrected chi connectivity index (χ4v) is 4.42. The number of rotatable bonds is 5. The number of nitrogens with zero attached hydrogens (tertiary/aromatic N) is 1. The lowest BCUT2D eigenvalue weighted by atomic mass is 9.68. The highest BCUT2D eigenvalue weighted by molar-refractivity contribution is 6.31. The van der Waals surface area contributed by atoms with E-state index in [-0.39, 0.29) is 5.92 Å². The first-order valence-corrected chi connectivity index (χ1v) is 10.2. The van der Waals surface area contributed by atoms with Crippen LogP contribution in [0.1, 0.15) is 30.4 Å². The van der Waals surface area contributed by atoms with E-state index in [0.717, 1.165) is 47.5 Å². The van der Waals surface area contributed by atoms with Crippen LogP contribution in [0, 0.1) is 5.92 Å². The van der Waals surface area contributed by atoms with E-state index in [2.05, 4.69) is 25.1 Å². The summed E-state index contributed by atoms with van der Waals surface area (Å²) in [6.07, 6.45) is 5.66. The fraction of sp³-hybridized carbons (Fsp3) is 0.391. The Morgan fingerprint density at radius 3 is 2.48 bits per heavy atom. The summed E-state index contributed by atoms with van der Waals surface area (Å²) in [5.74, 6) is 0.163. The van der Waals surface area contributed by atoms with Gasteiger partial charge in [0.05, 0.1) is 5.60 Å². The van der Waals surface area contributed by atoms with E-state index in [4.69, 9.17) is 23.2 Å². The van der Waals surface area contributed by atoms with Gasteiger partial charge in [0.2, 0.25) is 0 Å². The highest BCUT2D eigenvalue weighted by Crippen LogP contribution is 2.42. The van der Waals surface area contributed by atoms with Crippen molar-refractivity contribution in [1.82, 2.24) is 4.90 Å². The van der Waals surface area contributed by atoms with Crippen LogP contribution in [0.3, 0.4) is 0 Å². The number of hydrogen-bond donors (Lipinski definition) is 1. The molecule has 2 unspecified atom stereocenters. The normalized spacial score (nSPS) is 24.5. The first-order chi connectivity index (χ1) is 12.9. The molecule has 0 spiro atoms. The molecule has 1 N–H and O–H groups in total. The second-order valence-corrected chi connectivity index (χ2v) is 8.61. The molecule has 1 aliphatic carbocycles. The van der Waals surface area contributed by atoms with E-state index in [0.29, 0.717) is 11.4 Å². The first-order valence-electron chi connectivity index (χ1n) is 9.45. The van der Waals surface area contributed by atoms with Gasteiger partial charge in [0, 0.05) is 28.9 Å². The van der Waals surface area contributed by atoms with Gasteiger partial charge in [0.15, 0.2) is 0 Å². The zero-order valence-electron chi connectivity index (χ0n) is 16.0. The number of benzene rings is 2. The topological polar surface area (TPSA) is 23.5 Å². The van der Waals surface area contributed by atoms with Crippen molar-refractivity contribution in [2.75, 3.05) is 20.6 Å². The van der Waals surface area contributed by atoms with Crippen molar-refractivity contribution in [3.05, 3.63) is 75.3 Å². The minimum Gasteiger partial charge on any atom is -0.385 e. The Balaban J connectivity index is 2.01. The van der Waals surface area contributed by atoms with Gasteiger partial charge in [-0.2, -0.15) is 0 Å². The summed E-state index contributed by atoms with van der Waals surface area (Å²) in [4.78, 5) is 2.16. The summed E-state index contributed by atoms with van der Waals surface area (Å²) in [7, 11) is 4.13. The maximum atomic E-state index is 12.0. The molecule has 0 amide bonds. The van der Waals surface area contributed by atoms with Crippen LogP contribution < -0.4 is 0 Å². The van der Waals surface area contributed by atoms with E-state index in [9.17, 15) is 5.11 Å².